The molecule has 1 fully saturated rings. The summed E-state index contributed by atoms with van der Waals surface area (Å²) in [4.78, 5) is 2.25. The summed E-state index contributed by atoms with van der Waals surface area (Å²) in [6.07, 6.45) is 0.568. The highest BCUT2D eigenvalue weighted by Crippen LogP contribution is 2.09. The lowest BCUT2D eigenvalue weighted by Gasteiger charge is -2.33. The lowest BCUT2D eigenvalue weighted by molar-refractivity contribution is -0.0585. The van der Waals surface area contributed by atoms with Crippen LogP contribution in [-0.4, -0.2) is 43.1 Å². The predicted molar refractivity (Wildman–Crippen MR) is 42.6 cm³/mol. The molecule has 1 heterocycles. The van der Waals surface area contributed by atoms with E-state index in [-0.39, 0.29) is 6.10 Å². The Labute approximate surface area is 67.1 Å². The monoisotopic (exact) mass is 163 g/mol. The third-order valence-corrected chi connectivity index (χ3v) is 2.03. The van der Waals surface area contributed by atoms with Crippen molar-refractivity contribution in [3.63, 3.8) is 0 Å². The Bertz CT molecular complexity index is 99.8. The minimum absolute atomic E-state index is 0.232. The zero-order valence-corrected chi connectivity index (χ0v) is 7.27. The molecule has 0 saturated carbocycles. The Hall–Kier alpha value is 0.210. The van der Waals surface area contributed by atoms with E-state index < -0.39 is 0 Å². The van der Waals surface area contributed by atoms with Crippen LogP contribution in [0, 0.1) is 0 Å². The third-order valence-electron chi connectivity index (χ3n) is 1.68. The molecule has 0 spiro atoms. The average Bonchev–Trinajstić information content (AvgIpc) is 1.85. The van der Waals surface area contributed by atoms with Crippen LogP contribution in [0.5, 0.6) is 0 Å². The minimum atomic E-state index is 0.232. The summed E-state index contributed by atoms with van der Waals surface area (Å²) in [5.41, 5.74) is 0. The Morgan fingerprint density at radius 1 is 1.60 bits per heavy atom. The molecule has 0 N–H and O–H groups in total. The molecule has 0 aromatic heterocycles. The first-order valence-electron chi connectivity index (χ1n) is 3.62. The normalized spacial score (nSPS) is 36.3. The van der Waals surface area contributed by atoms with Gasteiger partial charge in [0.2, 0.25) is 0 Å². The van der Waals surface area contributed by atoms with Crippen molar-refractivity contribution in [3.8, 4) is 0 Å². The van der Waals surface area contributed by atoms with Crippen LogP contribution in [0.4, 0.5) is 0 Å². The fourth-order valence-electron chi connectivity index (χ4n) is 1.36. The SMILES string of the molecule is CC1CN(C)CC(CCl)O1. The van der Waals surface area contributed by atoms with Gasteiger partial charge in [-0.05, 0) is 14.0 Å². The second-order valence-electron chi connectivity index (χ2n) is 2.94. The van der Waals surface area contributed by atoms with Gasteiger partial charge in [0, 0.05) is 19.0 Å². The fourth-order valence-corrected chi connectivity index (χ4v) is 1.53. The molecule has 1 aliphatic rings. The zero-order valence-electron chi connectivity index (χ0n) is 6.51. The Morgan fingerprint density at radius 2 is 2.30 bits per heavy atom. The average molecular weight is 164 g/mol. The van der Waals surface area contributed by atoms with E-state index in [4.69, 9.17) is 16.3 Å². The molecule has 0 aromatic rings. The highest BCUT2D eigenvalue weighted by atomic mass is 35.5. The summed E-state index contributed by atoms with van der Waals surface area (Å²) in [7, 11) is 2.10. The standard InChI is InChI=1S/C7H14ClNO/c1-6-4-9(2)5-7(3-8)10-6/h6-7H,3-5H2,1-2H3. The van der Waals surface area contributed by atoms with Gasteiger partial charge in [0.1, 0.15) is 0 Å². The molecule has 2 nitrogen and oxygen atoms in total. The van der Waals surface area contributed by atoms with Gasteiger partial charge in [0.25, 0.3) is 0 Å². The second-order valence-corrected chi connectivity index (χ2v) is 3.25. The van der Waals surface area contributed by atoms with E-state index in [0.717, 1.165) is 13.1 Å². The van der Waals surface area contributed by atoms with Gasteiger partial charge in [-0.3, -0.25) is 0 Å². The number of hydrogen-bond donors (Lipinski definition) is 0. The maximum absolute atomic E-state index is 5.66. The largest absolute Gasteiger partial charge is 0.371 e. The summed E-state index contributed by atoms with van der Waals surface area (Å²) in [6.45, 7) is 4.07. The number of nitrogens with zero attached hydrogens (tertiary/aromatic N) is 1. The lowest BCUT2D eigenvalue weighted by atomic mass is 10.2. The maximum atomic E-state index is 5.66. The first-order valence-corrected chi connectivity index (χ1v) is 4.15. The van der Waals surface area contributed by atoms with Crippen molar-refractivity contribution in [2.24, 2.45) is 0 Å². The van der Waals surface area contributed by atoms with Gasteiger partial charge in [0.05, 0.1) is 12.2 Å². The first-order chi connectivity index (χ1) is 4.72. The van der Waals surface area contributed by atoms with Crippen LogP contribution in [0.15, 0.2) is 0 Å². The van der Waals surface area contributed by atoms with Gasteiger partial charge in [-0.2, -0.15) is 0 Å². The first kappa shape index (κ1) is 8.31. The molecule has 0 bridgehead atoms. The van der Waals surface area contributed by atoms with E-state index in [1.54, 1.807) is 0 Å². The van der Waals surface area contributed by atoms with Crippen LogP contribution < -0.4 is 0 Å². The highest BCUT2D eigenvalue weighted by Gasteiger charge is 2.21. The number of morpholine rings is 1. The molecule has 1 saturated heterocycles. The topological polar surface area (TPSA) is 12.5 Å². The molecule has 0 amide bonds. The highest BCUT2D eigenvalue weighted by molar-refractivity contribution is 6.18. The molecular weight excluding hydrogens is 150 g/mol. The summed E-state index contributed by atoms with van der Waals surface area (Å²) in [5.74, 6) is 0.606. The zero-order chi connectivity index (χ0) is 7.56. The van der Waals surface area contributed by atoms with Gasteiger partial charge in [0.15, 0.2) is 0 Å². The van der Waals surface area contributed by atoms with Crippen molar-refractivity contribution in [3.05, 3.63) is 0 Å². The van der Waals surface area contributed by atoms with Crippen LogP contribution in [0.2, 0.25) is 0 Å². The Balaban J connectivity index is 2.35. The van der Waals surface area contributed by atoms with Gasteiger partial charge in [-0.25, -0.2) is 0 Å². The summed E-state index contributed by atoms with van der Waals surface area (Å²) >= 11 is 5.66. The Kier molecular flexibility index (Phi) is 2.96. The van der Waals surface area contributed by atoms with Gasteiger partial charge >= 0.3 is 0 Å². The quantitative estimate of drug-likeness (QED) is 0.534. The van der Waals surface area contributed by atoms with E-state index in [9.17, 15) is 0 Å². The van der Waals surface area contributed by atoms with Crippen molar-refractivity contribution >= 4 is 11.6 Å². The molecule has 0 aliphatic carbocycles. The van der Waals surface area contributed by atoms with E-state index in [2.05, 4.69) is 18.9 Å². The Morgan fingerprint density at radius 3 is 2.80 bits per heavy atom. The predicted octanol–water partition coefficient (Wildman–Crippen LogP) is 0.944. The number of likely N-dealkylation sites (N-methyl/N-ethyl adjacent to an activating group) is 1. The fraction of sp³-hybridized carbons (Fsp3) is 1.00. The number of alkyl halides is 1. The molecule has 60 valence electrons. The van der Waals surface area contributed by atoms with Crippen LogP contribution in [0.25, 0.3) is 0 Å². The summed E-state index contributed by atoms with van der Waals surface area (Å²) in [5, 5.41) is 0. The van der Waals surface area contributed by atoms with Crippen LogP contribution >= 0.6 is 11.6 Å². The van der Waals surface area contributed by atoms with E-state index in [0.29, 0.717) is 12.0 Å². The molecule has 0 aromatic carbocycles. The van der Waals surface area contributed by atoms with Crippen LogP contribution in [0.1, 0.15) is 6.92 Å². The molecule has 1 aliphatic heterocycles. The van der Waals surface area contributed by atoms with Crippen molar-refractivity contribution in [2.45, 2.75) is 19.1 Å². The van der Waals surface area contributed by atoms with Crippen molar-refractivity contribution in [1.82, 2.24) is 4.90 Å². The number of ether oxygens (including phenoxy) is 1. The van der Waals surface area contributed by atoms with Crippen molar-refractivity contribution in [1.29, 1.82) is 0 Å². The van der Waals surface area contributed by atoms with Crippen LogP contribution in [-0.2, 0) is 4.74 Å². The maximum Gasteiger partial charge on any atom is 0.0841 e. The smallest absolute Gasteiger partial charge is 0.0841 e. The van der Waals surface area contributed by atoms with Crippen molar-refractivity contribution in [2.75, 3.05) is 26.0 Å². The van der Waals surface area contributed by atoms with E-state index >= 15 is 0 Å². The van der Waals surface area contributed by atoms with Crippen LogP contribution in [0.3, 0.4) is 0 Å². The van der Waals surface area contributed by atoms with Gasteiger partial charge < -0.3 is 9.64 Å². The van der Waals surface area contributed by atoms with Gasteiger partial charge in [-0.15, -0.1) is 11.6 Å². The molecule has 3 heteroatoms. The third kappa shape index (κ3) is 2.11. The number of rotatable bonds is 1. The van der Waals surface area contributed by atoms with E-state index in [1.165, 1.54) is 0 Å². The summed E-state index contributed by atoms with van der Waals surface area (Å²) in [6, 6.07) is 0. The number of halogens is 1. The summed E-state index contributed by atoms with van der Waals surface area (Å²) < 4.78 is 5.53. The second kappa shape index (κ2) is 3.56. The minimum Gasteiger partial charge on any atom is -0.371 e. The molecule has 10 heavy (non-hydrogen) atoms. The molecule has 0 radical (unpaired) electrons. The molecular formula is C7H14ClNO. The molecule has 2 atom stereocenters. The van der Waals surface area contributed by atoms with Gasteiger partial charge in [-0.1, -0.05) is 0 Å². The van der Waals surface area contributed by atoms with Crippen molar-refractivity contribution < 1.29 is 4.74 Å². The lowest BCUT2D eigenvalue weighted by Crippen LogP contribution is -2.45. The van der Waals surface area contributed by atoms with E-state index in [1.807, 2.05) is 0 Å². The molecule has 1 rings (SSSR count). The number of hydrogen-bond acceptors (Lipinski definition) is 2. The molecule has 2 unspecified atom stereocenters.